The zero-order valence-corrected chi connectivity index (χ0v) is 15.7. The average Bonchev–Trinajstić information content (AvgIpc) is 3.09. The highest BCUT2D eigenvalue weighted by molar-refractivity contribution is 6.31. The van der Waals surface area contributed by atoms with Gasteiger partial charge < -0.3 is 10.6 Å². The van der Waals surface area contributed by atoms with Crippen LogP contribution in [0.3, 0.4) is 0 Å². The molecule has 2 amide bonds. The van der Waals surface area contributed by atoms with Crippen molar-refractivity contribution in [2.45, 2.75) is 20.4 Å². The zero-order valence-electron chi connectivity index (χ0n) is 15.0. The van der Waals surface area contributed by atoms with Gasteiger partial charge in [-0.15, -0.1) is 0 Å². The second-order valence-electron chi connectivity index (χ2n) is 6.13. The number of aromatic nitrogens is 2. The molecule has 27 heavy (non-hydrogen) atoms. The van der Waals surface area contributed by atoms with Crippen LogP contribution in [0.1, 0.15) is 28.4 Å². The fourth-order valence-corrected chi connectivity index (χ4v) is 2.85. The first-order valence-corrected chi connectivity index (χ1v) is 8.76. The third-order valence-corrected chi connectivity index (χ3v) is 4.45. The summed E-state index contributed by atoms with van der Waals surface area (Å²) in [6, 6.07) is 12.9. The lowest BCUT2D eigenvalue weighted by Gasteiger charge is -2.12. The van der Waals surface area contributed by atoms with Crippen molar-refractivity contribution in [1.29, 1.82) is 0 Å². The first-order chi connectivity index (χ1) is 12.9. The van der Waals surface area contributed by atoms with E-state index in [0.29, 0.717) is 28.5 Å². The number of nitrogens with one attached hydrogen (secondary N) is 2. The van der Waals surface area contributed by atoms with Crippen LogP contribution in [0.25, 0.3) is 0 Å². The highest BCUT2D eigenvalue weighted by Crippen LogP contribution is 2.24. The lowest BCUT2D eigenvalue weighted by atomic mass is 10.1. The van der Waals surface area contributed by atoms with Gasteiger partial charge in [0, 0.05) is 29.5 Å². The van der Waals surface area contributed by atoms with E-state index in [1.165, 1.54) is 13.1 Å². The molecule has 2 aromatic carbocycles. The second-order valence-corrected chi connectivity index (χ2v) is 6.54. The predicted molar refractivity (Wildman–Crippen MR) is 106 cm³/mol. The normalized spacial score (nSPS) is 10.5. The van der Waals surface area contributed by atoms with Crippen LogP contribution >= 0.6 is 11.6 Å². The Bertz CT molecular complexity index is 997. The number of halogens is 1. The Hall–Kier alpha value is -3.12. The number of hydrogen-bond acceptors (Lipinski definition) is 3. The van der Waals surface area contributed by atoms with E-state index in [4.69, 9.17) is 11.6 Å². The summed E-state index contributed by atoms with van der Waals surface area (Å²) in [7, 11) is 0. The molecular weight excluding hydrogens is 364 g/mol. The van der Waals surface area contributed by atoms with E-state index >= 15 is 0 Å². The Balaban J connectivity index is 1.73. The van der Waals surface area contributed by atoms with Gasteiger partial charge in [0.2, 0.25) is 5.91 Å². The molecule has 6 nitrogen and oxygen atoms in total. The molecule has 7 heteroatoms. The van der Waals surface area contributed by atoms with Crippen LogP contribution in [0, 0.1) is 6.92 Å². The zero-order chi connectivity index (χ0) is 19.4. The van der Waals surface area contributed by atoms with Crippen molar-refractivity contribution in [3.63, 3.8) is 0 Å². The standard InChI is InChI=1S/C20H19ClN4O2/c1-13-18(23-14(2)26)8-5-9-19(13)24-20(27)16-10-22-25(12-16)11-15-6-3-4-7-17(15)21/h3-10,12H,11H2,1-2H3,(H,23,26)(H,24,27). The molecule has 1 heterocycles. The molecular formula is C20H19ClN4O2. The van der Waals surface area contributed by atoms with Gasteiger partial charge >= 0.3 is 0 Å². The molecule has 0 radical (unpaired) electrons. The van der Waals surface area contributed by atoms with Gasteiger partial charge in [0.25, 0.3) is 5.91 Å². The Morgan fingerprint density at radius 2 is 1.78 bits per heavy atom. The van der Waals surface area contributed by atoms with Crippen molar-refractivity contribution in [1.82, 2.24) is 9.78 Å². The van der Waals surface area contributed by atoms with Crippen molar-refractivity contribution in [3.05, 3.63) is 76.6 Å². The largest absolute Gasteiger partial charge is 0.326 e. The number of hydrogen-bond donors (Lipinski definition) is 2. The third-order valence-electron chi connectivity index (χ3n) is 4.08. The summed E-state index contributed by atoms with van der Waals surface area (Å²) in [4.78, 5) is 23.8. The highest BCUT2D eigenvalue weighted by Gasteiger charge is 2.13. The van der Waals surface area contributed by atoms with Gasteiger partial charge in [-0.25, -0.2) is 0 Å². The van der Waals surface area contributed by atoms with Crippen LogP contribution in [0.5, 0.6) is 0 Å². The molecule has 0 aliphatic heterocycles. The quantitative estimate of drug-likeness (QED) is 0.697. The van der Waals surface area contributed by atoms with Crippen LogP contribution in [0.4, 0.5) is 11.4 Å². The molecule has 138 valence electrons. The highest BCUT2D eigenvalue weighted by atomic mass is 35.5. The summed E-state index contributed by atoms with van der Waals surface area (Å²) >= 11 is 6.17. The SMILES string of the molecule is CC(=O)Nc1cccc(NC(=O)c2cnn(Cc3ccccc3Cl)c2)c1C. The molecule has 0 saturated carbocycles. The molecule has 3 rings (SSSR count). The lowest BCUT2D eigenvalue weighted by molar-refractivity contribution is -0.114. The predicted octanol–water partition coefficient (Wildman–Crippen LogP) is 4.10. The van der Waals surface area contributed by atoms with Crippen molar-refractivity contribution < 1.29 is 9.59 Å². The number of anilines is 2. The maximum Gasteiger partial charge on any atom is 0.258 e. The van der Waals surface area contributed by atoms with Crippen LogP contribution in [-0.2, 0) is 11.3 Å². The number of carbonyl (C=O) groups is 2. The van der Waals surface area contributed by atoms with Gasteiger partial charge in [-0.3, -0.25) is 14.3 Å². The molecule has 2 N–H and O–H groups in total. The van der Waals surface area contributed by atoms with Crippen molar-refractivity contribution in [2.24, 2.45) is 0 Å². The summed E-state index contributed by atoms with van der Waals surface area (Å²) in [5.41, 5.74) is 3.43. The number of rotatable bonds is 5. The number of nitrogens with zero attached hydrogens (tertiary/aromatic N) is 2. The van der Waals surface area contributed by atoms with Gasteiger partial charge in [-0.2, -0.15) is 5.10 Å². The number of amides is 2. The maximum absolute atomic E-state index is 12.6. The first kappa shape index (κ1) is 18.7. The van der Waals surface area contributed by atoms with Crippen LogP contribution in [-0.4, -0.2) is 21.6 Å². The van der Waals surface area contributed by atoms with Gasteiger partial charge in [0.05, 0.1) is 18.3 Å². The van der Waals surface area contributed by atoms with Crippen molar-refractivity contribution in [3.8, 4) is 0 Å². The molecule has 0 fully saturated rings. The molecule has 0 atom stereocenters. The Morgan fingerprint density at radius 1 is 1.07 bits per heavy atom. The molecule has 0 saturated heterocycles. The van der Waals surface area contributed by atoms with Crippen molar-refractivity contribution >= 4 is 34.8 Å². The van der Waals surface area contributed by atoms with E-state index in [2.05, 4.69) is 15.7 Å². The molecule has 1 aromatic heterocycles. The number of benzene rings is 2. The Kier molecular flexibility index (Phi) is 5.57. The molecule has 0 spiro atoms. The summed E-state index contributed by atoms with van der Waals surface area (Å²) in [5.74, 6) is -0.439. The van der Waals surface area contributed by atoms with E-state index in [1.807, 2.05) is 31.2 Å². The van der Waals surface area contributed by atoms with Crippen molar-refractivity contribution in [2.75, 3.05) is 10.6 Å². The monoisotopic (exact) mass is 382 g/mol. The average molecular weight is 383 g/mol. The fourth-order valence-electron chi connectivity index (χ4n) is 2.66. The Morgan fingerprint density at radius 3 is 2.48 bits per heavy atom. The summed E-state index contributed by atoms with van der Waals surface area (Å²) in [6.45, 7) is 3.75. The molecule has 0 bridgehead atoms. The third kappa shape index (κ3) is 4.54. The second kappa shape index (κ2) is 8.05. The van der Waals surface area contributed by atoms with Crippen LogP contribution in [0.2, 0.25) is 5.02 Å². The smallest absolute Gasteiger partial charge is 0.258 e. The van der Waals surface area contributed by atoms with Gasteiger partial charge in [-0.1, -0.05) is 35.9 Å². The van der Waals surface area contributed by atoms with Crippen LogP contribution < -0.4 is 10.6 Å². The Labute approximate surface area is 162 Å². The maximum atomic E-state index is 12.6. The molecule has 0 unspecified atom stereocenters. The molecule has 0 aliphatic carbocycles. The van der Waals surface area contributed by atoms with E-state index in [9.17, 15) is 9.59 Å². The van der Waals surface area contributed by atoms with E-state index < -0.39 is 0 Å². The summed E-state index contributed by atoms with van der Waals surface area (Å²) in [6.07, 6.45) is 3.19. The minimum Gasteiger partial charge on any atom is -0.326 e. The molecule has 0 aliphatic rings. The van der Waals surface area contributed by atoms with Crippen LogP contribution in [0.15, 0.2) is 54.9 Å². The van der Waals surface area contributed by atoms with Gasteiger partial charge in [0.1, 0.15) is 0 Å². The number of carbonyl (C=O) groups excluding carboxylic acids is 2. The first-order valence-electron chi connectivity index (χ1n) is 8.38. The topological polar surface area (TPSA) is 76.0 Å². The van der Waals surface area contributed by atoms with E-state index in [1.54, 1.807) is 29.1 Å². The van der Waals surface area contributed by atoms with Gasteiger partial charge in [-0.05, 0) is 36.2 Å². The molecule has 3 aromatic rings. The van der Waals surface area contributed by atoms with E-state index in [-0.39, 0.29) is 11.8 Å². The minimum atomic E-state index is -0.275. The van der Waals surface area contributed by atoms with Gasteiger partial charge in [0.15, 0.2) is 0 Å². The van der Waals surface area contributed by atoms with E-state index in [0.717, 1.165) is 11.1 Å². The summed E-state index contributed by atoms with van der Waals surface area (Å²) < 4.78 is 1.66. The fraction of sp³-hybridized carbons (Fsp3) is 0.150. The summed E-state index contributed by atoms with van der Waals surface area (Å²) in [5, 5.41) is 10.5. The lowest BCUT2D eigenvalue weighted by Crippen LogP contribution is -2.14. The minimum absolute atomic E-state index is 0.164.